The van der Waals surface area contributed by atoms with Crippen LogP contribution in [0.5, 0.6) is 0 Å². The fourth-order valence-electron chi connectivity index (χ4n) is 1.55. The van der Waals surface area contributed by atoms with Gasteiger partial charge in [-0.05, 0) is 45.4 Å². The summed E-state index contributed by atoms with van der Waals surface area (Å²) in [5.74, 6) is 0. The number of carbonyl (C=O) groups is 1. The lowest BCUT2D eigenvalue weighted by Crippen LogP contribution is -2.48. The molecule has 0 unspecified atom stereocenters. The lowest BCUT2D eigenvalue weighted by molar-refractivity contribution is 0.227. The molecule has 0 spiro atoms. The molecule has 0 radical (unpaired) electrons. The van der Waals surface area contributed by atoms with Gasteiger partial charge in [0.05, 0.1) is 5.54 Å². The summed E-state index contributed by atoms with van der Waals surface area (Å²) in [6.07, 6.45) is 0. The minimum atomic E-state index is -0.424. The molecule has 0 bridgehead atoms. The van der Waals surface area contributed by atoms with Crippen LogP contribution in [0.4, 0.5) is 10.5 Å². The van der Waals surface area contributed by atoms with Gasteiger partial charge in [0.1, 0.15) is 0 Å². The first-order valence-electron chi connectivity index (χ1n) is 5.76. The van der Waals surface area contributed by atoms with Crippen LogP contribution < -0.4 is 16.4 Å². The van der Waals surface area contributed by atoms with E-state index in [-0.39, 0.29) is 12.1 Å². The second-order valence-electron chi connectivity index (χ2n) is 5.00. The minimum absolute atomic E-state index is 0.122. The van der Waals surface area contributed by atoms with Crippen LogP contribution in [-0.4, -0.2) is 12.1 Å². The average Bonchev–Trinajstić information content (AvgIpc) is 2.15. The van der Waals surface area contributed by atoms with Gasteiger partial charge in [-0.2, -0.15) is 0 Å². The first-order chi connectivity index (χ1) is 7.81. The maximum Gasteiger partial charge on any atom is 0.315 e. The van der Waals surface area contributed by atoms with Crippen molar-refractivity contribution >= 4 is 11.7 Å². The first-order valence-corrected chi connectivity index (χ1v) is 5.76. The summed E-state index contributed by atoms with van der Waals surface area (Å²) < 4.78 is 0. The predicted octanol–water partition coefficient (Wildman–Crippen LogP) is 2.21. The van der Waals surface area contributed by atoms with E-state index < -0.39 is 5.54 Å². The van der Waals surface area contributed by atoms with Crippen molar-refractivity contribution in [1.29, 1.82) is 0 Å². The van der Waals surface area contributed by atoms with Crippen molar-refractivity contribution in [2.75, 3.05) is 5.73 Å². The predicted molar refractivity (Wildman–Crippen MR) is 70.7 cm³/mol. The van der Waals surface area contributed by atoms with Gasteiger partial charge in [0.25, 0.3) is 0 Å². The maximum absolute atomic E-state index is 11.7. The van der Waals surface area contributed by atoms with Gasteiger partial charge in [-0.1, -0.05) is 12.1 Å². The van der Waals surface area contributed by atoms with Crippen molar-refractivity contribution in [2.45, 2.75) is 39.3 Å². The van der Waals surface area contributed by atoms with Crippen molar-refractivity contribution in [1.82, 2.24) is 10.6 Å². The van der Waals surface area contributed by atoms with Crippen molar-refractivity contribution in [2.24, 2.45) is 0 Å². The zero-order valence-corrected chi connectivity index (χ0v) is 10.9. The molecule has 1 aromatic rings. The molecule has 0 aliphatic heterocycles. The monoisotopic (exact) mass is 235 g/mol. The molecule has 0 fully saturated rings. The van der Waals surface area contributed by atoms with E-state index in [4.69, 9.17) is 5.73 Å². The Bertz CT molecular complexity index is 382. The highest BCUT2D eigenvalue weighted by Gasteiger charge is 2.22. The van der Waals surface area contributed by atoms with E-state index >= 15 is 0 Å². The Kier molecular flexibility index (Phi) is 3.99. The maximum atomic E-state index is 11.7. The van der Waals surface area contributed by atoms with Gasteiger partial charge in [0.2, 0.25) is 0 Å². The molecule has 4 nitrogen and oxygen atoms in total. The van der Waals surface area contributed by atoms with Crippen LogP contribution in [0.2, 0.25) is 0 Å². The second-order valence-corrected chi connectivity index (χ2v) is 5.00. The van der Waals surface area contributed by atoms with E-state index in [1.165, 1.54) is 0 Å². The van der Waals surface area contributed by atoms with Crippen LogP contribution in [0.1, 0.15) is 33.3 Å². The molecule has 2 amide bonds. The Labute approximate surface area is 103 Å². The molecule has 1 rings (SSSR count). The number of nitrogen functional groups attached to an aromatic ring is 1. The molecular formula is C13H21N3O. The molecule has 0 atom stereocenters. The Morgan fingerprint density at radius 1 is 1.24 bits per heavy atom. The largest absolute Gasteiger partial charge is 0.399 e. The number of nitrogens with two attached hydrogens (primary N) is 1. The number of amides is 2. The lowest BCUT2D eigenvalue weighted by Gasteiger charge is -2.27. The van der Waals surface area contributed by atoms with E-state index in [1.54, 1.807) is 0 Å². The van der Waals surface area contributed by atoms with E-state index in [0.717, 1.165) is 11.3 Å². The number of hydrogen-bond acceptors (Lipinski definition) is 2. The quantitative estimate of drug-likeness (QED) is 0.703. The molecule has 0 aliphatic carbocycles. The van der Waals surface area contributed by atoms with Crippen molar-refractivity contribution in [3.8, 4) is 0 Å². The minimum Gasteiger partial charge on any atom is -0.399 e. The molecule has 4 heteroatoms. The molecule has 0 saturated carbocycles. The smallest absolute Gasteiger partial charge is 0.315 e. The SMILES string of the molecule is CC(C)NC(=O)NC(C)(C)c1ccc(N)cc1. The molecule has 0 aromatic heterocycles. The summed E-state index contributed by atoms with van der Waals surface area (Å²) in [6.45, 7) is 7.77. The molecule has 17 heavy (non-hydrogen) atoms. The zero-order valence-electron chi connectivity index (χ0n) is 10.9. The number of nitrogens with one attached hydrogen (secondary N) is 2. The lowest BCUT2D eigenvalue weighted by atomic mass is 9.94. The summed E-state index contributed by atoms with van der Waals surface area (Å²) >= 11 is 0. The van der Waals surface area contributed by atoms with Gasteiger partial charge < -0.3 is 16.4 Å². The van der Waals surface area contributed by atoms with Crippen molar-refractivity contribution in [3.05, 3.63) is 29.8 Å². The topological polar surface area (TPSA) is 67.2 Å². The third-order valence-electron chi connectivity index (χ3n) is 2.48. The third-order valence-corrected chi connectivity index (χ3v) is 2.48. The standard InChI is InChI=1S/C13H21N3O/c1-9(2)15-12(17)16-13(3,4)10-5-7-11(14)8-6-10/h5-9H,14H2,1-4H3,(H2,15,16,17). The number of urea groups is 1. The number of rotatable bonds is 3. The Balaban J connectivity index is 2.74. The second kappa shape index (κ2) is 5.08. The summed E-state index contributed by atoms with van der Waals surface area (Å²) in [6, 6.07) is 7.47. The molecule has 94 valence electrons. The first kappa shape index (κ1) is 13.4. The van der Waals surface area contributed by atoms with E-state index in [1.807, 2.05) is 52.0 Å². The summed E-state index contributed by atoms with van der Waals surface area (Å²) in [4.78, 5) is 11.7. The number of hydrogen-bond donors (Lipinski definition) is 3. The fourth-order valence-corrected chi connectivity index (χ4v) is 1.55. The highest BCUT2D eigenvalue weighted by molar-refractivity contribution is 5.75. The molecule has 0 saturated heterocycles. The molecular weight excluding hydrogens is 214 g/mol. The van der Waals surface area contributed by atoms with E-state index in [2.05, 4.69) is 10.6 Å². The van der Waals surface area contributed by atoms with Gasteiger partial charge in [0.15, 0.2) is 0 Å². The fraction of sp³-hybridized carbons (Fsp3) is 0.462. The normalized spacial score (nSPS) is 11.4. The van der Waals surface area contributed by atoms with Gasteiger partial charge >= 0.3 is 6.03 Å². The van der Waals surface area contributed by atoms with E-state index in [9.17, 15) is 4.79 Å². The van der Waals surface area contributed by atoms with Crippen LogP contribution in [0, 0.1) is 0 Å². The van der Waals surface area contributed by atoms with Crippen LogP contribution >= 0.6 is 0 Å². The van der Waals surface area contributed by atoms with Crippen LogP contribution in [0.15, 0.2) is 24.3 Å². The molecule has 4 N–H and O–H groups in total. The van der Waals surface area contributed by atoms with Gasteiger partial charge in [-0.25, -0.2) is 4.79 Å². The van der Waals surface area contributed by atoms with Crippen LogP contribution in [0.3, 0.4) is 0 Å². The van der Waals surface area contributed by atoms with E-state index in [0.29, 0.717) is 0 Å². The Hall–Kier alpha value is -1.71. The number of anilines is 1. The average molecular weight is 235 g/mol. The zero-order chi connectivity index (χ0) is 13.1. The Morgan fingerprint density at radius 2 is 1.76 bits per heavy atom. The number of benzene rings is 1. The van der Waals surface area contributed by atoms with Gasteiger partial charge in [0, 0.05) is 11.7 Å². The van der Waals surface area contributed by atoms with Crippen LogP contribution in [-0.2, 0) is 5.54 Å². The van der Waals surface area contributed by atoms with Gasteiger partial charge in [-0.3, -0.25) is 0 Å². The summed E-state index contributed by atoms with van der Waals surface area (Å²) in [5.41, 5.74) is 6.95. The van der Waals surface area contributed by atoms with Gasteiger partial charge in [-0.15, -0.1) is 0 Å². The summed E-state index contributed by atoms with van der Waals surface area (Å²) in [5, 5.41) is 5.74. The Morgan fingerprint density at radius 3 is 2.24 bits per heavy atom. The van der Waals surface area contributed by atoms with Crippen LogP contribution in [0.25, 0.3) is 0 Å². The molecule has 0 aliphatic rings. The third kappa shape index (κ3) is 3.98. The highest BCUT2D eigenvalue weighted by Crippen LogP contribution is 2.20. The summed E-state index contributed by atoms with van der Waals surface area (Å²) in [7, 11) is 0. The number of carbonyl (C=O) groups excluding carboxylic acids is 1. The highest BCUT2D eigenvalue weighted by atomic mass is 16.2. The van der Waals surface area contributed by atoms with Crippen molar-refractivity contribution in [3.63, 3.8) is 0 Å². The molecule has 0 heterocycles. The molecule has 1 aromatic carbocycles. The van der Waals surface area contributed by atoms with Crippen molar-refractivity contribution < 1.29 is 4.79 Å².